The van der Waals surface area contributed by atoms with Crippen LogP contribution in [0.15, 0.2) is 64.2 Å². The molecule has 0 atom stereocenters. The van der Waals surface area contributed by atoms with Crippen LogP contribution >= 0.6 is 0 Å². The molecule has 4 rings (SSSR count). The molecule has 0 bridgehead atoms. The molecule has 170 valence electrons. The van der Waals surface area contributed by atoms with E-state index in [9.17, 15) is 22.8 Å². The summed E-state index contributed by atoms with van der Waals surface area (Å²) >= 11 is 0. The smallest absolute Gasteiger partial charge is 0.348 e. The Balaban J connectivity index is 1.50. The fourth-order valence-corrected chi connectivity index (χ4v) is 3.38. The quantitative estimate of drug-likeness (QED) is 0.456. The van der Waals surface area contributed by atoms with Crippen LogP contribution in [0, 0.1) is 0 Å². The maximum absolute atomic E-state index is 13.1. The maximum atomic E-state index is 13.1. The van der Waals surface area contributed by atoms with E-state index in [1.54, 1.807) is 0 Å². The standard InChI is InChI=1S/C23H19F3N4O3/c1-2-14-7-9-15(10-8-14)19-20-21(33-29-19)22(32)30(13-27-20)12-11-18(31)28-17-6-4-3-5-16(17)23(24,25)26/h3-10,13H,2,11-12H2,1H3,(H,28,31). The van der Waals surface area contributed by atoms with Gasteiger partial charge in [-0.2, -0.15) is 13.2 Å². The first-order chi connectivity index (χ1) is 15.8. The van der Waals surface area contributed by atoms with Crippen LogP contribution in [-0.2, 0) is 23.9 Å². The number of amides is 1. The molecule has 33 heavy (non-hydrogen) atoms. The van der Waals surface area contributed by atoms with Crippen LogP contribution in [-0.4, -0.2) is 20.6 Å². The minimum Gasteiger partial charge on any atom is -0.348 e. The largest absolute Gasteiger partial charge is 0.418 e. The van der Waals surface area contributed by atoms with Crippen molar-refractivity contribution in [3.63, 3.8) is 0 Å². The molecule has 0 saturated carbocycles. The molecule has 0 aliphatic rings. The molecule has 2 aromatic heterocycles. The second-order valence-corrected chi connectivity index (χ2v) is 7.34. The molecule has 0 aliphatic carbocycles. The predicted octanol–water partition coefficient (Wildman–Crippen LogP) is 4.66. The zero-order valence-corrected chi connectivity index (χ0v) is 17.5. The highest BCUT2D eigenvalue weighted by Gasteiger charge is 2.33. The fraction of sp³-hybridized carbons (Fsp3) is 0.217. The Hall–Kier alpha value is -3.95. The maximum Gasteiger partial charge on any atom is 0.418 e. The predicted molar refractivity (Wildman–Crippen MR) is 116 cm³/mol. The van der Waals surface area contributed by atoms with Crippen molar-refractivity contribution in [1.82, 2.24) is 14.7 Å². The molecule has 0 unspecified atom stereocenters. The van der Waals surface area contributed by atoms with Crippen molar-refractivity contribution in [2.24, 2.45) is 0 Å². The molecule has 2 heterocycles. The van der Waals surface area contributed by atoms with E-state index < -0.39 is 23.2 Å². The third kappa shape index (κ3) is 4.64. The van der Waals surface area contributed by atoms with Gasteiger partial charge in [0.2, 0.25) is 5.91 Å². The van der Waals surface area contributed by atoms with E-state index >= 15 is 0 Å². The number of aryl methyl sites for hydroxylation is 2. The van der Waals surface area contributed by atoms with Crippen molar-refractivity contribution in [2.75, 3.05) is 5.32 Å². The number of hydrogen-bond donors (Lipinski definition) is 1. The second kappa shape index (κ2) is 8.89. The molecule has 0 fully saturated rings. The van der Waals surface area contributed by atoms with Gasteiger partial charge in [-0.25, -0.2) is 4.98 Å². The highest BCUT2D eigenvalue weighted by atomic mass is 19.4. The van der Waals surface area contributed by atoms with Gasteiger partial charge in [-0.05, 0) is 24.1 Å². The molecule has 1 amide bonds. The number of nitrogens with zero attached hydrogens (tertiary/aromatic N) is 3. The van der Waals surface area contributed by atoms with Crippen molar-refractivity contribution >= 4 is 22.7 Å². The third-order valence-corrected chi connectivity index (χ3v) is 5.17. The van der Waals surface area contributed by atoms with Crippen molar-refractivity contribution in [3.8, 4) is 11.3 Å². The van der Waals surface area contributed by atoms with Gasteiger partial charge in [0, 0.05) is 18.5 Å². The number of alkyl halides is 3. The molecule has 0 spiro atoms. The van der Waals surface area contributed by atoms with E-state index in [0.29, 0.717) is 11.2 Å². The van der Waals surface area contributed by atoms with E-state index in [1.165, 1.54) is 24.5 Å². The van der Waals surface area contributed by atoms with Crippen LogP contribution in [0.3, 0.4) is 0 Å². The summed E-state index contributed by atoms with van der Waals surface area (Å²) in [5, 5.41) is 6.22. The SMILES string of the molecule is CCc1ccc(-c2noc3c(=O)n(CCC(=O)Nc4ccccc4C(F)(F)F)cnc23)cc1. The molecule has 0 saturated heterocycles. The summed E-state index contributed by atoms with van der Waals surface area (Å²) < 4.78 is 45.7. The number of benzene rings is 2. The third-order valence-electron chi connectivity index (χ3n) is 5.17. The number of halogens is 3. The van der Waals surface area contributed by atoms with Gasteiger partial charge in [0.1, 0.15) is 11.2 Å². The number of fused-ring (bicyclic) bond motifs is 1. The summed E-state index contributed by atoms with van der Waals surface area (Å²) in [6, 6.07) is 12.3. The summed E-state index contributed by atoms with van der Waals surface area (Å²) in [6.45, 7) is 1.95. The van der Waals surface area contributed by atoms with Gasteiger partial charge in [-0.15, -0.1) is 0 Å². The topological polar surface area (TPSA) is 90.0 Å². The Kier molecular flexibility index (Phi) is 5.99. The van der Waals surface area contributed by atoms with E-state index in [4.69, 9.17) is 4.52 Å². The van der Waals surface area contributed by atoms with Crippen LogP contribution in [0.25, 0.3) is 22.4 Å². The second-order valence-electron chi connectivity index (χ2n) is 7.34. The minimum absolute atomic E-state index is 0.0603. The number of rotatable bonds is 6. The van der Waals surface area contributed by atoms with Gasteiger partial charge in [-0.1, -0.05) is 48.5 Å². The molecule has 10 heteroatoms. The van der Waals surface area contributed by atoms with E-state index in [0.717, 1.165) is 28.2 Å². The van der Waals surface area contributed by atoms with Gasteiger partial charge in [0.15, 0.2) is 0 Å². The first-order valence-corrected chi connectivity index (χ1v) is 10.2. The molecule has 1 N–H and O–H groups in total. The van der Waals surface area contributed by atoms with E-state index in [1.807, 2.05) is 31.2 Å². The van der Waals surface area contributed by atoms with E-state index in [-0.39, 0.29) is 24.2 Å². The Morgan fingerprint density at radius 3 is 2.55 bits per heavy atom. The van der Waals surface area contributed by atoms with Crippen LogP contribution in [0.4, 0.5) is 18.9 Å². The van der Waals surface area contributed by atoms with Crippen molar-refractivity contribution in [2.45, 2.75) is 32.5 Å². The lowest BCUT2D eigenvalue weighted by molar-refractivity contribution is -0.137. The number of aromatic nitrogens is 3. The molecule has 4 aromatic rings. The van der Waals surface area contributed by atoms with Gasteiger partial charge in [0.05, 0.1) is 17.6 Å². The summed E-state index contributed by atoms with van der Waals surface area (Å²) in [5.41, 5.74) is 0.741. The average Bonchev–Trinajstić information content (AvgIpc) is 3.23. The summed E-state index contributed by atoms with van der Waals surface area (Å²) in [6.07, 6.45) is -2.68. The van der Waals surface area contributed by atoms with Crippen molar-refractivity contribution in [1.29, 1.82) is 0 Å². The van der Waals surface area contributed by atoms with Crippen molar-refractivity contribution < 1.29 is 22.5 Å². The summed E-state index contributed by atoms with van der Waals surface area (Å²) in [4.78, 5) is 29.2. The number of para-hydroxylation sites is 1. The lowest BCUT2D eigenvalue weighted by Crippen LogP contribution is -2.24. The van der Waals surface area contributed by atoms with Crippen LogP contribution in [0.5, 0.6) is 0 Å². The Labute approximate surface area is 185 Å². The first kappa shape index (κ1) is 22.3. The van der Waals surface area contributed by atoms with Gasteiger partial charge < -0.3 is 9.84 Å². The zero-order valence-electron chi connectivity index (χ0n) is 17.5. The number of carbonyl (C=O) groups excluding carboxylic acids is 1. The zero-order chi connectivity index (χ0) is 23.6. The van der Waals surface area contributed by atoms with Gasteiger partial charge in [-0.3, -0.25) is 14.2 Å². The molecule has 0 radical (unpaired) electrons. The highest BCUT2D eigenvalue weighted by Crippen LogP contribution is 2.34. The van der Waals surface area contributed by atoms with Crippen molar-refractivity contribution in [3.05, 3.63) is 76.3 Å². The molecular weight excluding hydrogens is 437 g/mol. The summed E-state index contributed by atoms with van der Waals surface area (Å²) in [5.74, 6) is -0.673. The Morgan fingerprint density at radius 1 is 1.12 bits per heavy atom. The number of hydrogen-bond acceptors (Lipinski definition) is 5. The molecule has 7 nitrogen and oxygen atoms in total. The molecule has 2 aromatic carbocycles. The molecule has 0 aliphatic heterocycles. The Morgan fingerprint density at radius 2 is 1.85 bits per heavy atom. The number of nitrogens with one attached hydrogen (secondary N) is 1. The minimum atomic E-state index is -4.60. The Bertz CT molecular complexity index is 1360. The van der Waals surface area contributed by atoms with E-state index in [2.05, 4.69) is 15.5 Å². The van der Waals surface area contributed by atoms with Gasteiger partial charge >= 0.3 is 6.18 Å². The monoisotopic (exact) mass is 456 g/mol. The normalized spacial score (nSPS) is 11.6. The number of carbonyl (C=O) groups is 1. The first-order valence-electron chi connectivity index (χ1n) is 10.2. The molecular formula is C23H19F3N4O3. The lowest BCUT2D eigenvalue weighted by Gasteiger charge is -2.13. The average molecular weight is 456 g/mol. The summed E-state index contributed by atoms with van der Waals surface area (Å²) in [7, 11) is 0. The van der Waals surface area contributed by atoms with Crippen LogP contribution in [0.2, 0.25) is 0 Å². The van der Waals surface area contributed by atoms with Gasteiger partial charge in [0.25, 0.3) is 11.1 Å². The fourth-order valence-electron chi connectivity index (χ4n) is 3.38. The number of anilines is 1. The highest BCUT2D eigenvalue weighted by molar-refractivity contribution is 5.91. The van der Waals surface area contributed by atoms with Crippen LogP contribution in [0.1, 0.15) is 24.5 Å². The van der Waals surface area contributed by atoms with Crippen LogP contribution < -0.4 is 10.9 Å². The lowest BCUT2D eigenvalue weighted by atomic mass is 10.1.